The number of benzene rings is 1. The summed E-state index contributed by atoms with van der Waals surface area (Å²) in [6.07, 6.45) is 2.59. The molecule has 5 nitrogen and oxygen atoms in total. The zero-order valence-corrected chi connectivity index (χ0v) is 19.4. The van der Waals surface area contributed by atoms with Crippen LogP contribution in [0.15, 0.2) is 29.3 Å². The van der Waals surface area contributed by atoms with Gasteiger partial charge in [0.2, 0.25) is 0 Å². The van der Waals surface area contributed by atoms with E-state index < -0.39 is 0 Å². The molecule has 1 aromatic carbocycles. The van der Waals surface area contributed by atoms with Gasteiger partial charge in [-0.2, -0.15) is 0 Å². The van der Waals surface area contributed by atoms with Crippen molar-refractivity contribution in [3.8, 4) is 5.75 Å². The fraction of sp³-hybridized carbons (Fsp3) is 0.500. The molecule has 1 aliphatic rings. The van der Waals surface area contributed by atoms with Crippen LogP contribution in [0.3, 0.4) is 0 Å². The molecular formula is C20H29IN4OS. The molecule has 0 spiro atoms. The van der Waals surface area contributed by atoms with E-state index >= 15 is 0 Å². The van der Waals surface area contributed by atoms with Crippen molar-refractivity contribution in [2.75, 3.05) is 13.2 Å². The Morgan fingerprint density at radius 1 is 1.26 bits per heavy atom. The van der Waals surface area contributed by atoms with Gasteiger partial charge >= 0.3 is 0 Å². The number of aromatic nitrogens is 1. The topological polar surface area (TPSA) is 58.5 Å². The normalized spacial score (nSPS) is 13.8. The summed E-state index contributed by atoms with van der Waals surface area (Å²) in [5, 5.41) is 7.75. The van der Waals surface area contributed by atoms with Gasteiger partial charge < -0.3 is 15.4 Å². The Hall–Kier alpha value is -1.35. The Kier molecular flexibility index (Phi) is 8.82. The zero-order valence-electron chi connectivity index (χ0n) is 16.2. The SMILES string of the molecule is CCNC(=NCc1ccccc1OCC1CC1)NCc1nc(C)c(C)s1.I. The Morgan fingerprint density at radius 3 is 2.70 bits per heavy atom. The van der Waals surface area contributed by atoms with Crippen LogP contribution < -0.4 is 15.4 Å². The van der Waals surface area contributed by atoms with Crippen LogP contribution >= 0.6 is 35.3 Å². The molecule has 1 heterocycles. The molecule has 1 aromatic heterocycles. The maximum Gasteiger partial charge on any atom is 0.191 e. The number of rotatable bonds is 8. The van der Waals surface area contributed by atoms with Gasteiger partial charge in [-0.3, -0.25) is 0 Å². The fourth-order valence-electron chi connectivity index (χ4n) is 2.55. The second-order valence-corrected chi connectivity index (χ2v) is 7.95. The number of aliphatic imine (C=N–C) groups is 1. The molecule has 0 atom stereocenters. The molecule has 1 fully saturated rings. The zero-order chi connectivity index (χ0) is 18.4. The average molecular weight is 500 g/mol. The Labute approximate surface area is 183 Å². The summed E-state index contributed by atoms with van der Waals surface area (Å²) < 4.78 is 5.98. The molecular weight excluding hydrogens is 471 g/mol. The lowest BCUT2D eigenvalue weighted by molar-refractivity contribution is 0.297. The molecule has 0 radical (unpaired) electrons. The second-order valence-electron chi connectivity index (χ2n) is 6.66. The number of guanidine groups is 1. The number of ether oxygens (including phenoxy) is 1. The van der Waals surface area contributed by atoms with E-state index in [1.54, 1.807) is 11.3 Å². The van der Waals surface area contributed by atoms with Crippen molar-refractivity contribution in [3.63, 3.8) is 0 Å². The molecule has 1 aliphatic carbocycles. The molecule has 7 heteroatoms. The number of halogens is 1. The van der Waals surface area contributed by atoms with E-state index in [-0.39, 0.29) is 24.0 Å². The number of hydrogen-bond acceptors (Lipinski definition) is 4. The van der Waals surface area contributed by atoms with Gasteiger partial charge in [-0.15, -0.1) is 35.3 Å². The van der Waals surface area contributed by atoms with Crippen LogP contribution in [0, 0.1) is 19.8 Å². The summed E-state index contributed by atoms with van der Waals surface area (Å²) in [7, 11) is 0. The molecule has 1 saturated carbocycles. The highest BCUT2D eigenvalue weighted by Gasteiger charge is 2.22. The molecule has 2 N–H and O–H groups in total. The maximum atomic E-state index is 5.98. The highest BCUT2D eigenvalue weighted by molar-refractivity contribution is 14.0. The van der Waals surface area contributed by atoms with Crippen LogP contribution in [0.4, 0.5) is 0 Å². The number of thiazole rings is 1. The lowest BCUT2D eigenvalue weighted by Gasteiger charge is -2.12. The van der Waals surface area contributed by atoms with Crippen molar-refractivity contribution in [1.29, 1.82) is 0 Å². The third-order valence-electron chi connectivity index (χ3n) is 4.38. The van der Waals surface area contributed by atoms with E-state index in [0.717, 1.165) is 47.0 Å². The van der Waals surface area contributed by atoms with Crippen molar-refractivity contribution in [3.05, 3.63) is 45.4 Å². The van der Waals surface area contributed by atoms with Crippen LogP contribution in [0.25, 0.3) is 0 Å². The Balaban J connectivity index is 0.00000261. The first kappa shape index (κ1) is 21.9. The van der Waals surface area contributed by atoms with Gasteiger partial charge in [0.1, 0.15) is 10.8 Å². The lowest BCUT2D eigenvalue weighted by Crippen LogP contribution is -2.36. The van der Waals surface area contributed by atoms with Crippen LogP contribution in [0.2, 0.25) is 0 Å². The quantitative estimate of drug-likeness (QED) is 0.320. The highest BCUT2D eigenvalue weighted by atomic mass is 127. The number of aryl methyl sites for hydroxylation is 2. The predicted octanol–water partition coefficient (Wildman–Crippen LogP) is 4.42. The Bertz CT molecular complexity index is 739. The number of hydrogen-bond donors (Lipinski definition) is 2. The van der Waals surface area contributed by atoms with Crippen LogP contribution in [0.5, 0.6) is 5.75 Å². The molecule has 3 rings (SSSR count). The first-order valence-corrected chi connectivity index (χ1v) is 10.1. The summed E-state index contributed by atoms with van der Waals surface area (Å²) in [4.78, 5) is 10.6. The molecule has 148 valence electrons. The van der Waals surface area contributed by atoms with Crippen LogP contribution in [-0.4, -0.2) is 24.1 Å². The van der Waals surface area contributed by atoms with E-state index in [2.05, 4.69) is 35.5 Å². The van der Waals surface area contributed by atoms with Crippen molar-refractivity contribution in [2.45, 2.75) is 46.7 Å². The van der Waals surface area contributed by atoms with Crippen LogP contribution in [-0.2, 0) is 13.1 Å². The minimum Gasteiger partial charge on any atom is -0.493 e. The van der Waals surface area contributed by atoms with Crippen molar-refractivity contribution in [1.82, 2.24) is 15.6 Å². The molecule has 2 aromatic rings. The minimum absolute atomic E-state index is 0. The third-order valence-corrected chi connectivity index (χ3v) is 5.45. The molecule has 27 heavy (non-hydrogen) atoms. The third kappa shape index (κ3) is 6.95. The Morgan fingerprint density at radius 2 is 2.04 bits per heavy atom. The molecule has 0 amide bonds. The number of nitrogens with one attached hydrogen (secondary N) is 2. The lowest BCUT2D eigenvalue weighted by atomic mass is 10.2. The highest BCUT2D eigenvalue weighted by Crippen LogP contribution is 2.30. The first-order chi connectivity index (χ1) is 12.7. The number of para-hydroxylation sites is 1. The van der Waals surface area contributed by atoms with Crippen LogP contribution in [0.1, 0.15) is 40.9 Å². The largest absolute Gasteiger partial charge is 0.493 e. The van der Waals surface area contributed by atoms with E-state index in [1.165, 1.54) is 17.7 Å². The van der Waals surface area contributed by atoms with Gasteiger partial charge in [0, 0.05) is 17.0 Å². The molecule has 0 saturated heterocycles. The average Bonchev–Trinajstić information content (AvgIpc) is 3.41. The van der Waals surface area contributed by atoms with Gasteiger partial charge in [0.25, 0.3) is 0 Å². The standard InChI is InChI=1S/C20H28N4OS.HI/c1-4-21-20(23-12-19-24-14(2)15(3)26-19)22-11-17-7-5-6-8-18(17)25-13-16-9-10-16;/h5-8,16H,4,9-13H2,1-3H3,(H2,21,22,23);1H. The minimum atomic E-state index is 0. The second kappa shape index (κ2) is 10.8. The summed E-state index contributed by atoms with van der Waals surface area (Å²) in [5.74, 6) is 2.50. The maximum absolute atomic E-state index is 5.98. The van der Waals surface area contributed by atoms with E-state index in [9.17, 15) is 0 Å². The van der Waals surface area contributed by atoms with E-state index in [4.69, 9.17) is 9.73 Å². The van der Waals surface area contributed by atoms with Gasteiger partial charge in [-0.25, -0.2) is 9.98 Å². The summed E-state index contributed by atoms with van der Waals surface area (Å²) >= 11 is 1.73. The van der Waals surface area contributed by atoms with Crippen molar-refractivity contribution >= 4 is 41.3 Å². The smallest absolute Gasteiger partial charge is 0.191 e. The van der Waals surface area contributed by atoms with E-state index in [0.29, 0.717) is 13.1 Å². The number of nitrogens with zero attached hydrogens (tertiary/aromatic N) is 2. The summed E-state index contributed by atoms with van der Waals surface area (Å²) in [6, 6.07) is 8.18. The molecule has 0 bridgehead atoms. The van der Waals surface area contributed by atoms with Crippen molar-refractivity contribution in [2.24, 2.45) is 10.9 Å². The molecule has 0 unspecified atom stereocenters. The monoisotopic (exact) mass is 500 g/mol. The van der Waals surface area contributed by atoms with Crippen molar-refractivity contribution < 1.29 is 4.74 Å². The van der Waals surface area contributed by atoms with Gasteiger partial charge in [0.15, 0.2) is 5.96 Å². The van der Waals surface area contributed by atoms with Gasteiger partial charge in [0.05, 0.1) is 25.4 Å². The summed E-state index contributed by atoms with van der Waals surface area (Å²) in [5.41, 5.74) is 2.22. The van der Waals surface area contributed by atoms with E-state index in [1.807, 2.05) is 25.1 Å². The molecule has 0 aliphatic heterocycles. The fourth-order valence-corrected chi connectivity index (χ4v) is 3.42. The van der Waals surface area contributed by atoms with Gasteiger partial charge in [-0.05, 0) is 45.6 Å². The summed E-state index contributed by atoms with van der Waals surface area (Å²) in [6.45, 7) is 9.14. The van der Waals surface area contributed by atoms with Gasteiger partial charge in [-0.1, -0.05) is 18.2 Å². The first-order valence-electron chi connectivity index (χ1n) is 9.31. The predicted molar refractivity (Wildman–Crippen MR) is 123 cm³/mol.